The lowest BCUT2D eigenvalue weighted by Gasteiger charge is -2.22. The first kappa shape index (κ1) is 13.1. The molecule has 19 heavy (non-hydrogen) atoms. The van der Waals surface area contributed by atoms with E-state index in [1.54, 1.807) is 11.3 Å². The van der Waals surface area contributed by atoms with Crippen molar-refractivity contribution >= 4 is 23.1 Å². The summed E-state index contributed by atoms with van der Waals surface area (Å²) in [5.41, 5.74) is 2.09. The van der Waals surface area contributed by atoms with E-state index in [2.05, 4.69) is 32.4 Å². The molecule has 0 radical (unpaired) electrons. The highest BCUT2D eigenvalue weighted by atomic mass is 32.2. The fourth-order valence-electron chi connectivity index (χ4n) is 2.15. The van der Waals surface area contributed by atoms with E-state index < -0.39 is 0 Å². The quantitative estimate of drug-likeness (QED) is 0.939. The number of hydrogen-bond acceptors (Lipinski definition) is 5. The molecule has 0 aliphatic carbocycles. The molecule has 0 aromatic carbocycles. The molecule has 5 heteroatoms. The van der Waals surface area contributed by atoms with E-state index >= 15 is 0 Å². The first-order chi connectivity index (χ1) is 9.42. The van der Waals surface area contributed by atoms with E-state index in [0.29, 0.717) is 6.04 Å². The molecule has 3 rings (SSSR count). The van der Waals surface area contributed by atoms with Crippen LogP contribution in [0.15, 0.2) is 29.8 Å². The number of nitrogens with one attached hydrogen (secondary N) is 1. The molecule has 0 amide bonds. The molecule has 1 N–H and O–H groups in total. The van der Waals surface area contributed by atoms with Crippen molar-refractivity contribution in [1.29, 1.82) is 0 Å². The van der Waals surface area contributed by atoms with Gasteiger partial charge in [-0.15, -0.1) is 11.3 Å². The highest BCUT2D eigenvalue weighted by molar-refractivity contribution is 7.99. The zero-order valence-corrected chi connectivity index (χ0v) is 12.3. The molecular weight excluding hydrogens is 274 g/mol. The summed E-state index contributed by atoms with van der Waals surface area (Å²) >= 11 is 3.73. The number of rotatable bonds is 4. The van der Waals surface area contributed by atoms with Gasteiger partial charge in [-0.25, -0.2) is 4.98 Å². The SMILES string of the molecule is c1ccc(-c2nc(CNC3CCSCC3)cs2)nc1. The standard InChI is InChI=1S/C14H17N3S2/c1-2-6-15-13(3-1)14-17-12(10-19-14)9-16-11-4-7-18-8-5-11/h1-3,6,10-11,16H,4-5,7-9H2. The van der Waals surface area contributed by atoms with Crippen molar-refractivity contribution in [2.45, 2.75) is 25.4 Å². The van der Waals surface area contributed by atoms with Gasteiger partial charge in [-0.3, -0.25) is 4.98 Å². The van der Waals surface area contributed by atoms with E-state index in [9.17, 15) is 0 Å². The zero-order chi connectivity index (χ0) is 12.9. The Balaban J connectivity index is 1.59. The predicted molar refractivity (Wildman–Crippen MR) is 82.5 cm³/mol. The molecule has 0 unspecified atom stereocenters. The summed E-state index contributed by atoms with van der Waals surface area (Å²) in [5.74, 6) is 2.57. The van der Waals surface area contributed by atoms with Crippen molar-refractivity contribution in [3.05, 3.63) is 35.5 Å². The van der Waals surface area contributed by atoms with Gasteiger partial charge in [-0.2, -0.15) is 11.8 Å². The molecule has 2 aromatic rings. The molecule has 1 aliphatic heterocycles. The molecule has 0 spiro atoms. The van der Waals surface area contributed by atoms with Crippen molar-refractivity contribution in [1.82, 2.24) is 15.3 Å². The molecule has 2 aromatic heterocycles. The summed E-state index contributed by atoms with van der Waals surface area (Å²) in [5, 5.41) is 6.76. The maximum atomic E-state index is 4.65. The number of aromatic nitrogens is 2. The first-order valence-electron chi connectivity index (χ1n) is 6.59. The number of hydrogen-bond donors (Lipinski definition) is 1. The Morgan fingerprint density at radius 2 is 2.16 bits per heavy atom. The van der Waals surface area contributed by atoms with Gasteiger partial charge in [0.05, 0.1) is 11.4 Å². The molecule has 1 fully saturated rings. The number of pyridine rings is 1. The Labute approximate surface area is 121 Å². The highest BCUT2D eigenvalue weighted by Gasteiger charge is 2.13. The van der Waals surface area contributed by atoms with E-state index in [1.165, 1.54) is 24.3 Å². The van der Waals surface area contributed by atoms with Gasteiger partial charge in [0.15, 0.2) is 0 Å². The number of thioether (sulfide) groups is 1. The summed E-state index contributed by atoms with van der Waals surface area (Å²) in [6.07, 6.45) is 4.37. The average Bonchev–Trinajstić information content (AvgIpc) is 2.96. The van der Waals surface area contributed by atoms with Crippen molar-refractivity contribution in [2.75, 3.05) is 11.5 Å². The van der Waals surface area contributed by atoms with Crippen molar-refractivity contribution in [2.24, 2.45) is 0 Å². The fourth-order valence-corrected chi connectivity index (χ4v) is 4.05. The minimum Gasteiger partial charge on any atom is -0.308 e. The van der Waals surface area contributed by atoms with Gasteiger partial charge in [-0.1, -0.05) is 6.07 Å². The van der Waals surface area contributed by atoms with Gasteiger partial charge in [-0.05, 0) is 36.5 Å². The van der Waals surface area contributed by atoms with Crippen LogP contribution in [0.3, 0.4) is 0 Å². The van der Waals surface area contributed by atoms with E-state index in [4.69, 9.17) is 0 Å². The monoisotopic (exact) mass is 291 g/mol. The Morgan fingerprint density at radius 3 is 2.95 bits per heavy atom. The third kappa shape index (κ3) is 3.55. The molecule has 3 nitrogen and oxygen atoms in total. The van der Waals surface area contributed by atoms with Crippen LogP contribution in [0.2, 0.25) is 0 Å². The Morgan fingerprint density at radius 1 is 1.26 bits per heavy atom. The Bertz CT molecular complexity index is 506. The van der Waals surface area contributed by atoms with Gasteiger partial charge < -0.3 is 5.32 Å². The smallest absolute Gasteiger partial charge is 0.142 e. The summed E-state index contributed by atoms with van der Waals surface area (Å²) in [4.78, 5) is 8.99. The van der Waals surface area contributed by atoms with Crippen LogP contribution in [-0.4, -0.2) is 27.5 Å². The maximum Gasteiger partial charge on any atom is 0.142 e. The van der Waals surface area contributed by atoms with Gasteiger partial charge >= 0.3 is 0 Å². The maximum absolute atomic E-state index is 4.65. The second-order valence-electron chi connectivity index (χ2n) is 4.63. The lowest BCUT2D eigenvalue weighted by atomic mass is 10.1. The number of nitrogens with zero attached hydrogens (tertiary/aromatic N) is 2. The van der Waals surface area contributed by atoms with Crippen molar-refractivity contribution in [3.63, 3.8) is 0 Å². The normalized spacial score (nSPS) is 16.6. The fraction of sp³-hybridized carbons (Fsp3) is 0.429. The molecule has 1 aliphatic rings. The lowest BCUT2D eigenvalue weighted by Crippen LogP contribution is -2.32. The largest absolute Gasteiger partial charge is 0.308 e. The summed E-state index contributed by atoms with van der Waals surface area (Å²) in [7, 11) is 0. The van der Waals surface area contributed by atoms with Gasteiger partial charge in [0.25, 0.3) is 0 Å². The third-order valence-corrected chi connectivity index (χ3v) is 5.19. The Hall–Kier alpha value is -0.910. The molecule has 0 bridgehead atoms. The molecule has 100 valence electrons. The summed E-state index contributed by atoms with van der Waals surface area (Å²) < 4.78 is 0. The summed E-state index contributed by atoms with van der Waals surface area (Å²) in [6.45, 7) is 0.874. The predicted octanol–water partition coefficient (Wildman–Crippen LogP) is 3.19. The minimum absolute atomic E-state index is 0.668. The van der Waals surface area contributed by atoms with Crippen LogP contribution >= 0.6 is 23.1 Å². The van der Waals surface area contributed by atoms with E-state index in [1.807, 2.05) is 24.4 Å². The van der Waals surface area contributed by atoms with E-state index in [0.717, 1.165) is 22.9 Å². The van der Waals surface area contributed by atoms with Gasteiger partial charge in [0.2, 0.25) is 0 Å². The molecule has 0 atom stereocenters. The van der Waals surface area contributed by atoms with E-state index in [-0.39, 0.29) is 0 Å². The third-order valence-electron chi connectivity index (χ3n) is 3.23. The van der Waals surface area contributed by atoms with Crippen LogP contribution in [-0.2, 0) is 6.54 Å². The molecular formula is C14H17N3S2. The molecule has 0 saturated carbocycles. The minimum atomic E-state index is 0.668. The Kier molecular flexibility index (Phi) is 4.48. The lowest BCUT2D eigenvalue weighted by molar-refractivity contribution is 0.479. The van der Waals surface area contributed by atoms with Gasteiger partial charge in [0, 0.05) is 24.2 Å². The zero-order valence-electron chi connectivity index (χ0n) is 10.7. The van der Waals surface area contributed by atoms with Crippen LogP contribution in [0.1, 0.15) is 18.5 Å². The number of thiazole rings is 1. The molecule has 3 heterocycles. The van der Waals surface area contributed by atoms with Crippen LogP contribution in [0.4, 0.5) is 0 Å². The van der Waals surface area contributed by atoms with Crippen LogP contribution in [0, 0.1) is 0 Å². The van der Waals surface area contributed by atoms with Crippen LogP contribution in [0.5, 0.6) is 0 Å². The van der Waals surface area contributed by atoms with Crippen molar-refractivity contribution < 1.29 is 0 Å². The van der Waals surface area contributed by atoms with Crippen LogP contribution in [0.25, 0.3) is 10.7 Å². The summed E-state index contributed by atoms with van der Waals surface area (Å²) in [6, 6.07) is 6.61. The first-order valence-corrected chi connectivity index (χ1v) is 8.62. The second kappa shape index (κ2) is 6.50. The van der Waals surface area contributed by atoms with Crippen LogP contribution < -0.4 is 5.32 Å². The highest BCUT2D eigenvalue weighted by Crippen LogP contribution is 2.22. The topological polar surface area (TPSA) is 37.8 Å². The average molecular weight is 291 g/mol. The van der Waals surface area contributed by atoms with Crippen molar-refractivity contribution in [3.8, 4) is 10.7 Å². The van der Waals surface area contributed by atoms with Gasteiger partial charge in [0.1, 0.15) is 5.01 Å². The molecule has 1 saturated heterocycles. The second-order valence-corrected chi connectivity index (χ2v) is 6.71.